The molecule has 0 saturated carbocycles. The molecule has 1 fully saturated rings. The summed E-state index contributed by atoms with van der Waals surface area (Å²) in [6.07, 6.45) is 2.09. The average Bonchev–Trinajstić information content (AvgIpc) is 2.90. The van der Waals surface area contributed by atoms with E-state index in [1.807, 2.05) is 25.7 Å². The molecule has 0 radical (unpaired) electrons. The number of thiophene rings is 1. The number of aromatic nitrogens is 2. The number of anilines is 1. The average molecular weight is 310 g/mol. The van der Waals surface area contributed by atoms with Crippen molar-refractivity contribution in [1.29, 1.82) is 0 Å². The Morgan fingerprint density at radius 1 is 1.45 bits per heavy atom. The van der Waals surface area contributed by atoms with E-state index in [4.69, 9.17) is 5.73 Å². The van der Waals surface area contributed by atoms with Crippen LogP contribution in [0.15, 0.2) is 0 Å². The molecule has 5 nitrogen and oxygen atoms in total. The van der Waals surface area contributed by atoms with E-state index in [1.54, 1.807) is 4.68 Å². The summed E-state index contributed by atoms with van der Waals surface area (Å²) in [5.74, 6) is 2.20. The number of nitrogen functional groups attached to an aromatic ring is 1. The normalized spacial score (nSPS) is 16.7. The summed E-state index contributed by atoms with van der Waals surface area (Å²) in [5, 5.41) is 8.37. The highest BCUT2D eigenvalue weighted by Crippen LogP contribution is 2.35. The molecule has 0 unspecified atom stereocenters. The SMILES string of the molecule is Cc1nn(C)c2sc(C(=O)NC3CCSCC3)c(N)c12. The van der Waals surface area contributed by atoms with Gasteiger partial charge >= 0.3 is 0 Å². The Labute approximate surface area is 125 Å². The molecule has 0 bridgehead atoms. The topological polar surface area (TPSA) is 72.9 Å². The van der Waals surface area contributed by atoms with E-state index in [9.17, 15) is 4.79 Å². The zero-order valence-corrected chi connectivity index (χ0v) is 13.2. The molecule has 1 saturated heterocycles. The lowest BCUT2D eigenvalue weighted by Crippen LogP contribution is -2.37. The van der Waals surface area contributed by atoms with Gasteiger partial charge in [0.25, 0.3) is 5.91 Å². The van der Waals surface area contributed by atoms with Crippen molar-refractivity contribution in [3.8, 4) is 0 Å². The van der Waals surface area contributed by atoms with E-state index in [0.29, 0.717) is 10.6 Å². The van der Waals surface area contributed by atoms with Crippen LogP contribution in [0.2, 0.25) is 0 Å². The van der Waals surface area contributed by atoms with Gasteiger partial charge in [-0.15, -0.1) is 11.3 Å². The second-order valence-electron chi connectivity index (χ2n) is 5.09. The predicted molar refractivity (Wildman–Crippen MR) is 85.6 cm³/mol. The number of aryl methyl sites for hydroxylation is 2. The van der Waals surface area contributed by atoms with Crippen molar-refractivity contribution in [2.75, 3.05) is 17.2 Å². The first-order valence-corrected chi connectivity index (χ1v) is 8.65. The summed E-state index contributed by atoms with van der Waals surface area (Å²) in [5.41, 5.74) is 7.60. The Balaban J connectivity index is 1.87. The maximum Gasteiger partial charge on any atom is 0.263 e. The number of hydrogen-bond donors (Lipinski definition) is 2. The van der Waals surface area contributed by atoms with Gasteiger partial charge in [0.1, 0.15) is 9.71 Å². The number of carbonyl (C=O) groups is 1. The minimum absolute atomic E-state index is 0.0417. The van der Waals surface area contributed by atoms with Gasteiger partial charge in [0, 0.05) is 13.1 Å². The Morgan fingerprint density at radius 2 is 2.15 bits per heavy atom. The highest BCUT2D eigenvalue weighted by atomic mass is 32.2. The molecule has 1 aliphatic rings. The molecule has 3 N–H and O–H groups in total. The van der Waals surface area contributed by atoms with Gasteiger partial charge in [-0.1, -0.05) is 0 Å². The van der Waals surface area contributed by atoms with Gasteiger partial charge in [0.15, 0.2) is 0 Å². The summed E-state index contributed by atoms with van der Waals surface area (Å²) in [6, 6.07) is 0.285. The van der Waals surface area contributed by atoms with Crippen molar-refractivity contribution in [3.05, 3.63) is 10.6 Å². The second-order valence-corrected chi connectivity index (χ2v) is 7.32. The first kappa shape index (κ1) is 13.8. The van der Waals surface area contributed by atoms with E-state index in [1.165, 1.54) is 11.3 Å². The van der Waals surface area contributed by atoms with Gasteiger partial charge in [0.2, 0.25) is 0 Å². The fourth-order valence-electron chi connectivity index (χ4n) is 2.59. The molecule has 0 aromatic carbocycles. The lowest BCUT2D eigenvalue weighted by molar-refractivity contribution is 0.0940. The van der Waals surface area contributed by atoms with E-state index >= 15 is 0 Å². The molecule has 0 aliphatic carbocycles. The third-order valence-electron chi connectivity index (χ3n) is 3.65. The van der Waals surface area contributed by atoms with E-state index in [2.05, 4.69) is 10.4 Å². The molecule has 2 aromatic heterocycles. The fourth-order valence-corrected chi connectivity index (χ4v) is 4.79. The Hall–Kier alpha value is -1.21. The monoisotopic (exact) mass is 310 g/mol. The molecule has 108 valence electrons. The molecule has 7 heteroatoms. The zero-order chi connectivity index (χ0) is 14.3. The van der Waals surface area contributed by atoms with Crippen LogP contribution >= 0.6 is 23.1 Å². The Morgan fingerprint density at radius 3 is 2.80 bits per heavy atom. The number of hydrogen-bond acceptors (Lipinski definition) is 5. The molecule has 0 spiro atoms. The standard InChI is InChI=1S/C13H18N4OS2/c1-7-9-10(14)11(20-13(9)17(2)16-7)12(18)15-8-3-5-19-6-4-8/h8H,3-6,14H2,1-2H3,(H,15,18). The van der Waals surface area contributed by atoms with E-state index in [0.717, 1.165) is 40.3 Å². The number of nitrogens with zero attached hydrogens (tertiary/aromatic N) is 2. The van der Waals surface area contributed by atoms with Crippen LogP contribution in [0.25, 0.3) is 10.2 Å². The van der Waals surface area contributed by atoms with Crippen LogP contribution in [0.3, 0.4) is 0 Å². The minimum Gasteiger partial charge on any atom is -0.397 e. The summed E-state index contributed by atoms with van der Waals surface area (Å²) in [4.78, 5) is 14.0. The molecule has 3 rings (SSSR count). The maximum absolute atomic E-state index is 12.4. The molecular formula is C13H18N4OS2. The minimum atomic E-state index is -0.0417. The summed E-state index contributed by atoms with van der Waals surface area (Å²) in [6.45, 7) is 1.92. The maximum atomic E-state index is 12.4. The van der Waals surface area contributed by atoms with Crippen molar-refractivity contribution >= 4 is 44.9 Å². The highest BCUT2D eigenvalue weighted by molar-refractivity contribution is 7.99. The number of thioether (sulfide) groups is 1. The lowest BCUT2D eigenvalue weighted by Gasteiger charge is -2.22. The third kappa shape index (κ3) is 2.29. The van der Waals surface area contributed by atoms with Gasteiger partial charge < -0.3 is 11.1 Å². The fraction of sp³-hybridized carbons (Fsp3) is 0.538. The molecule has 1 amide bonds. The quantitative estimate of drug-likeness (QED) is 0.891. The van der Waals surface area contributed by atoms with Crippen molar-refractivity contribution in [1.82, 2.24) is 15.1 Å². The summed E-state index contributed by atoms with van der Waals surface area (Å²) < 4.78 is 1.79. The summed E-state index contributed by atoms with van der Waals surface area (Å²) in [7, 11) is 1.88. The van der Waals surface area contributed by atoms with Crippen LogP contribution in [-0.2, 0) is 7.05 Å². The highest BCUT2D eigenvalue weighted by Gasteiger charge is 2.23. The zero-order valence-electron chi connectivity index (χ0n) is 11.6. The Kier molecular flexibility index (Phi) is 3.64. The van der Waals surface area contributed by atoms with Gasteiger partial charge in [-0.3, -0.25) is 9.48 Å². The first-order valence-electron chi connectivity index (χ1n) is 6.68. The van der Waals surface area contributed by atoms with E-state index in [-0.39, 0.29) is 11.9 Å². The van der Waals surface area contributed by atoms with Gasteiger partial charge in [0.05, 0.1) is 16.8 Å². The number of rotatable bonds is 2. The molecule has 1 aliphatic heterocycles. The second kappa shape index (κ2) is 5.29. The number of carbonyl (C=O) groups excluding carboxylic acids is 1. The van der Waals surface area contributed by atoms with Crippen LogP contribution in [0.1, 0.15) is 28.2 Å². The number of amides is 1. The van der Waals surface area contributed by atoms with Crippen LogP contribution < -0.4 is 11.1 Å². The van der Waals surface area contributed by atoms with Gasteiger partial charge in [-0.2, -0.15) is 16.9 Å². The van der Waals surface area contributed by atoms with Crippen LogP contribution in [0, 0.1) is 6.92 Å². The molecule has 2 aromatic rings. The van der Waals surface area contributed by atoms with Crippen molar-refractivity contribution in [3.63, 3.8) is 0 Å². The van der Waals surface area contributed by atoms with Crippen molar-refractivity contribution in [2.45, 2.75) is 25.8 Å². The number of nitrogens with two attached hydrogens (primary N) is 1. The van der Waals surface area contributed by atoms with Crippen molar-refractivity contribution < 1.29 is 4.79 Å². The summed E-state index contributed by atoms with van der Waals surface area (Å²) >= 11 is 3.38. The third-order valence-corrected chi connectivity index (χ3v) is 5.96. The molecule has 0 atom stereocenters. The van der Waals surface area contributed by atoms with E-state index < -0.39 is 0 Å². The van der Waals surface area contributed by atoms with Crippen LogP contribution in [0.5, 0.6) is 0 Å². The largest absolute Gasteiger partial charge is 0.397 e. The number of fused-ring (bicyclic) bond motifs is 1. The Bertz CT molecular complexity index is 655. The predicted octanol–water partition coefficient (Wildman–Crippen LogP) is 2.15. The first-order chi connectivity index (χ1) is 9.58. The number of nitrogens with one attached hydrogen (secondary N) is 1. The lowest BCUT2D eigenvalue weighted by atomic mass is 10.1. The van der Waals surface area contributed by atoms with Crippen LogP contribution in [0.4, 0.5) is 5.69 Å². The molecular weight excluding hydrogens is 292 g/mol. The van der Waals surface area contributed by atoms with Gasteiger partial charge in [-0.05, 0) is 31.3 Å². The van der Waals surface area contributed by atoms with Crippen molar-refractivity contribution in [2.24, 2.45) is 7.05 Å². The smallest absolute Gasteiger partial charge is 0.263 e. The van der Waals surface area contributed by atoms with Gasteiger partial charge in [-0.25, -0.2) is 0 Å². The van der Waals surface area contributed by atoms with Crippen LogP contribution in [-0.4, -0.2) is 33.2 Å². The molecule has 3 heterocycles. The molecule has 20 heavy (non-hydrogen) atoms.